The van der Waals surface area contributed by atoms with E-state index in [1.165, 1.54) is 13.8 Å². The Morgan fingerprint density at radius 2 is 1.69 bits per heavy atom. The molecule has 2 amide bonds. The predicted octanol–water partition coefficient (Wildman–Crippen LogP) is 1.13. The molecule has 1 saturated heterocycles. The van der Waals surface area contributed by atoms with Gasteiger partial charge in [-0.3, -0.25) is 32.5 Å². The lowest BCUT2D eigenvalue weighted by Crippen LogP contribution is -2.46. The van der Waals surface area contributed by atoms with Gasteiger partial charge in [0.25, 0.3) is 0 Å². The maximum Gasteiger partial charge on any atom is 0.481 e. The second kappa shape index (κ2) is 21.4. The highest BCUT2D eigenvalue weighted by Gasteiger charge is 2.50. The molecule has 0 radical (unpaired) electrons. The van der Waals surface area contributed by atoms with Gasteiger partial charge in [-0.1, -0.05) is 59.2 Å². The fourth-order valence-electron chi connectivity index (χ4n) is 5.37. The Hall–Kier alpha value is -2.44. The van der Waals surface area contributed by atoms with Crippen molar-refractivity contribution in [3.05, 3.63) is 12.7 Å². The molecule has 58 heavy (non-hydrogen) atoms. The van der Waals surface area contributed by atoms with Crippen molar-refractivity contribution in [2.24, 2.45) is 17.3 Å². The topological polar surface area (TPSA) is 364 Å². The van der Waals surface area contributed by atoms with Gasteiger partial charge in [0.1, 0.15) is 36.3 Å². The summed E-state index contributed by atoms with van der Waals surface area (Å²) in [5, 5.41) is 26.5. The monoisotopic (exact) mass is 907 g/mol. The minimum Gasteiger partial charge on any atom is -0.386 e. The van der Waals surface area contributed by atoms with Crippen LogP contribution in [0.5, 0.6) is 0 Å². The molecule has 0 saturated carbocycles. The van der Waals surface area contributed by atoms with Gasteiger partial charge in [-0.2, -0.15) is 4.31 Å². The molecule has 28 heteroatoms. The first-order chi connectivity index (χ1) is 26.8. The Labute approximate surface area is 337 Å². The number of thioether (sulfide) groups is 1. The number of aliphatic hydroxyl groups excluding tert-OH is 2. The zero-order valence-electron chi connectivity index (χ0n) is 32.4. The fraction of sp³-hybridized carbons (Fsp3) is 0.733. The molecule has 3 unspecified atom stereocenters. The quantitative estimate of drug-likeness (QED) is 0.0526. The predicted molar refractivity (Wildman–Crippen MR) is 205 cm³/mol. The summed E-state index contributed by atoms with van der Waals surface area (Å²) < 4.78 is 62.2. The third-order valence-corrected chi connectivity index (χ3v) is 12.8. The largest absolute Gasteiger partial charge is 0.481 e. The number of nitrogens with one attached hydrogen (secondary N) is 2. The van der Waals surface area contributed by atoms with Crippen molar-refractivity contribution in [2.45, 2.75) is 90.9 Å². The summed E-state index contributed by atoms with van der Waals surface area (Å²) in [5.74, 6) is -0.572. The van der Waals surface area contributed by atoms with E-state index < -0.39 is 84.6 Å². The molecule has 0 bridgehead atoms. The molecular formula is C30H52N7O17P3S. The average molecular weight is 908 g/mol. The molecule has 8 atom stereocenters. The van der Waals surface area contributed by atoms with E-state index in [4.69, 9.17) is 19.5 Å². The van der Waals surface area contributed by atoms with E-state index in [1.54, 1.807) is 0 Å². The lowest BCUT2D eigenvalue weighted by Gasteiger charge is -2.30. The Balaban J connectivity index is 1.46. The lowest BCUT2D eigenvalue weighted by atomic mass is 9.87. The highest BCUT2D eigenvalue weighted by Crippen LogP contribution is 2.61. The number of fused-ring (bicyclic) bond motifs is 1. The van der Waals surface area contributed by atoms with Crippen LogP contribution in [0.25, 0.3) is 11.2 Å². The molecule has 24 nitrogen and oxygen atoms in total. The number of carbonyl (C=O) groups excluding carboxylic acids is 3. The Bertz CT molecular complexity index is 1870. The van der Waals surface area contributed by atoms with Crippen LogP contribution >= 0.6 is 35.2 Å². The number of rotatable bonds is 24. The maximum absolute atomic E-state index is 12.7. The molecule has 0 spiro atoms. The van der Waals surface area contributed by atoms with E-state index in [-0.39, 0.29) is 47.5 Å². The lowest BCUT2D eigenvalue weighted by molar-refractivity contribution is -0.137. The molecule has 1 aliphatic rings. The van der Waals surface area contributed by atoms with E-state index in [9.17, 15) is 57.9 Å². The second-order valence-corrected chi connectivity index (χ2v) is 19.8. The van der Waals surface area contributed by atoms with Crippen molar-refractivity contribution < 1.29 is 80.5 Å². The third kappa shape index (κ3) is 15.5. The first-order valence-corrected chi connectivity index (χ1v) is 23.4. The number of nitrogens with two attached hydrogens (primary N) is 1. The number of hydrogen-bond acceptors (Lipinski definition) is 18. The van der Waals surface area contributed by atoms with E-state index in [0.29, 0.717) is 11.7 Å². The number of nitrogen functional groups attached to an aromatic ring is 1. The zero-order chi connectivity index (χ0) is 43.6. The first kappa shape index (κ1) is 49.9. The van der Waals surface area contributed by atoms with Crippen molar-refractivity contribution in [3.8, 4) is 0 Å². The minimum atomic E-state index is -5.57. The van der Waals surface area contributed by atoms with Gasteiger partial charge in [-0.05, 0) is 12.3 Å². The normalized spacial score (nSPS) is 22.0. The van der Waals surface area contributed by atoms with Gasteiger partial charge in [0.2, 0.25) is 11.8 Å². The third-order valence-electron chi connectivity index (χ3n) is 8.57. The van der Waals surface area contributed by atoms with E-state index >= 15 is 0 Å². The van der Waals surface area contributed by atoms with Crippen molar-refractivity contribution in [1.82, 2.24) is 30.2 Å². The number of hydrogen-bond donors (Lipinski definition) is 9. The summed E-state index contributed by atoms with van der Waals surface area (Å²) in [4.78, 5) is 88.1. The van der Waals surface area contributed by atoms with Gasteiger partial charge in [0.05, 0.1) is 19.5 Å². The molecule has 330 valence electrons. The number of phosphoric ester groups is 3. The molecule has 0 aromatic carbocycles. The average Bonchev–Trinajstić information content (AvgIpc) is 3.67. The number of amides is 2. The van der Waals surface area contributed by atoms with Crippen LogP contribution in [0.2, 0.25) is 0 Å². The van der Waals surface area contributed by atoms with Gasteiger partial charge in [-0.25, -0.2) is 28.6 Å². The van der Waals surface area contributed by atoms with Crippen LogP contribution in [0.15, 0.2) is 12.7 Å². The number of carbonyl (C=O) groups is 3. The Morgan fingerprint density at radius 3 is 2.34 bits per heavy atom. The highest BCUT2D eigenvalue weighted by atomic mass is 32.2. The second-order valence-electron chi connectivity index (χ2n) is 14.5. The van der Waals surface area contributed by atoms with Crippen LogP contribution in [0.3, 0.4) is 0 Å². The molecule has 3 rings (SSSR count). The molecule has 0 aliphatic carbocycles. The maximum atomic E-state index is 12.7. The molecule has 1 aliphatic heterocycles. The SMILES string of the molecule is CC(C)CCCC(C)C(=O)SCCNC(=O)CCNC(=O)[C@H](O)C(C)(C)COP(=O)(O)OP(=O)(O)OC[C@H]1O[C@@H](n2cnc3c(N)ncnc32)[C@H](O)[C@@H]1OP(=O)(O)O. The standard InChI is InChI=1S/C30H52N7O17P3S/c1-17(2)7-6-8-18(3)29(42)58-12-11-32-20(38)9-10-33-27(41)24(40)30(4,5)14-51-57(48,49)54-56(46,47)50-13-19-23(53-55(43,44)45)22(39)28(52-19)37-16-36-21-25(31)34-15-35-26(21)37/h15-19,22-24,28,39-40H,6-14H2,1-5H3,(H,32,38)(H,33,41)(H,46,47)(H,48,49)(H2,31,34,35)(H2,43,44,45)/t18?,19-,22-,23-,24+,28-/m1/s1. The van der Waals surface area contributed by atoms with Gasteiger partial charge in [-0.15, -0.1) is 0 Å². The number of phosphoric acid groups is 3. The van der Waals surface area contributed by atoms with Crippen LogP contribution in [0.4, 0.5) is 5.82 Å². The highest BCUT2D eigenvalue weighted by molar-refractivity contribution is 8.13. The van der Waals surface area contributed by atoms with Crippen molar-refractivity contribution >= 4 is 69.1 Å². The van der Waals surface area contributed by atoms with E-state index in [1.807, 2.05) is 6.92 Å². The molecule has 3 heterocycles. The number of anilines is 1. The molecule has 1 fully saturated rings. The Morgan fingerprint density at radius 1 is 1.02 bits per heavy atom. The Kier molecular flexibility index (Phi) is 18.4. The summed E-state index contributed by atoms with van der Waals surface area (Å²) in [6.07, 6.45) is -4.08. The summed E-state index contributed by atoms with van der Waals surface area (Å²) in [7, 11) is -16.4. The molecule has 2 aromatic heterocycles. The molecular weight excluding hydrogens is 855 g/mol. The number of ether oxygens (including phenoxy) is 1. The van der Waals surface area contributed by atoms with E-state index in [2.05, 4.69) is 48.3 Å². The van der Waals surface area contributed by atoms with Crippen LogP contribution in [0, 0.1) is 17.3 Å². The smallest absolute Gasteiger partial charge is 0.386 e. The fourth-order valence-corrected chi connectivity index (χ4v) is 9.01. The first-order valence-electron chi connectivity index (χ1n) is 17.9. The van der Waals surface area contributed by atoms with Gasteiger partial charge in [0.15, 0.2) is 22.8 Å². The summed E-state index contributed by atoms with van der Waals surface area (Å²) >= 11 is 1.14. The van der Waals surface area contributed by atoms with Crippen LogP contribution in [0.1, 0.15) is 66.5 Å². The number of nitrogens with zero attached hydrogens (tertiary/aromatic N) is 4. The number of aliphatic hydroxyl groups is 2. The summed E-state index contributed by atoms with van der Waals surface area (Å²) in [6.45, 7) is 6.67. The van der Waals surface area contributed by atoms with Crippen LogP contribution in [-0.4, -0.2) is 123 Å². The van der Waals surface area contributed by atoms with Crippen LogP contribution < -0.4 is 16.4 Å². The van der Waals surface area contributed by atoms with Gasteiger partial charge < -0.3 is 50.9 Å². The molecule has 10 N–H and O–H groups in total. The zero-order valence-corrected chi connectivity index (χ0v) is 35.8. The summed E-state index contributed by atoms with van der Waals surface area (Å²) in [6, 6.07) is 0. The van der Waals surface area contributed by atoms with Crippen molar-refractivity contribution in [3.63, 3.8) is 0 Å². The molecule has 2 aromatic rings. The minimum absolute atomic E-state index is 0.0319. The van der Waals surface area contributed by atoms with Crippen molar-refractivity contribution in [1.29, 1.82) is 0 Å². The van der Waals surface area contributed by atoms with Gasteiger partial charge >= 0.3 is 23.5 Å². The van der Waals surface area contributed by atoms with Crippen LogP contribution in [-0.2, 0) is 50.7 Å². The van der Waals surface area contributed by atoms with Gasteiger partial charge in [0, 0.05) is 36.6 Å². The number of imidazole rings is 1. The van der Waals surface area contributed by atoms with E-state index in [0.717, 1.165) is 48.2 Å². The number of aromatic nitrogens is 4. The summed E-state index contributed by atoms with van der Waals surface area (Å²) in [5.41, 5.74) is 4.27. The van der Waals surface area contributed by atoms with Crippen molar-refractivity contribution in [2.75, 3.05) is 37.8 Å².